The van der Waals surface area contributed by atoms with Gasteiger partial charge in [-0.2, -0.15) is 0 Å². The fourth-order valence-electron chi connectivity index (χ4n) is 0.888. The van der Waals surface area contributed by atoms with Crippen LogP contribution in [-0.4, -0.2) is 11.0 Å². The molecule has 66 valence electrons. The molecule has 0 heterocycles. The summed E-state index contributed by atoms with van der Waals surface area (Å²) in [5.41, 5.74) is 0. The molecule has 0 aromatic carbocycles. The molecule has 0 rings (SSSR count). The summed E-state index contributed by atoms with van der Waals surface area (Å²) < 4.78 is 14.8. The van der Waals surface area contributed by atoms with Gasteiger partial charge in [-0.1, -0.05) is 26.2 Å². The molecule has 0 radical (unpaired) electrons. The van der Waals surface area contributed by atoms with Crippen LogP contribution in [0.2, 0.25) is 0 Å². The lowest BCUT2D eigenvalue weighted by molar-refractivity contribution is 0.193. The van der Waals surface area contributed by atoms with Gasteiger partial charge in [0.2, 0.25) is 0 Å². The monoisotopic (exact) mass is 179 g/mol. The van der Waals surface area contributed by atoms with Crippen molar-refractivity contribution in [3.05, 3.63) is 0 Å². The van der Waals surface area contributed by atoms with Crippen LogP contribution in [-0.2, 0) is 9.09 Å². The van der Waals surface area contributed by atoms with E-state index in [-0.39, 0.29) is 6.10 Å². The Labute approximate surface area is 68.7 Å². The fraction of sp³-hybridized carbons (Fsp3) is 1.00. The SMILES string of the molecule is CCCCCC(C)O[P+](=O)O. The summed E-state index contributed by atoms with van der Waals surface area (Å²) in [6.45, 7) is 3.94. The van der Waals surface area contributed by atoms with Gasteiger partial charge in [-0.3, -0.25) is 0 Å². The highest BCUT2D eigenvalue weighted by atomic mass is 31.1. The Balaban J connectivity index is 3.22. The molecule has 0 fully saturated rings. The third-order valence-corrected chi connectivity index (χ3v) is 2.02. The maximum absolute atomic E-state index is 10.2. The molecule has 0 aromatic rings. The van der Waals surface area contributed by atoms with Crippen LogP contribution in [0.4, 0.5) is 0 Å². The molecule has 0 aliphatic carbocycles. The molecule has 2 unspecified atom stereocenters. The average molecular weight is 179 g/mol. The first kappa shape index (κ1) is 11.0. The van der Waals surface area contributed by atoms with Crippen molar-refractivity contribution in [1.29, 1.82) is 0 Å². The Morgan fingerprint density at radius 2 is 2.18 bits per heavy atom. The zero-order valence-electron chi connectivity index (χ0n) is 7.12. The third kappa shape index (κ3) is 7.92. The standard InChI is InChI=1S/C7H15O3P/c1-3-4-5-6-7(2)10-11(8)9/h7H,3-6H2,1-2H3/p+1. The molecule has 0 spiro atoms. The maximum Gasteiger partial charge on any atom is 0.694 e. The zero-order valence-corrected chi connectivity index (χ0v) is 8.01. The number of hydrogen-bond donors (Lipinski definition) is 1. The van der Waals surface area contributed by atoms with E-state index in [1.54, 1.807) is 0 Å². The second-order valence-corrected chi connectivity index (χ2v) is 3.34. The molecule has 2 atom stereocenters. The predicted molar refractivity (Wildman–Crippen MR) is 44.5 cm³/mol. The van der Waals surface area contributed by atoms with E-state index >= 15 is 0 Å². The van der Waals surface area contributed by atoms with Crippen molar-refractivity contribution in [1.82, 2.24) is 0 Å². The molecular weight excluding hydrogens is 163 g/mol. The molecule has 0 bridgehead atoms. The molecule has 0 saturated heterocycles. The number of hydrogen-bond acceptors (Lipinski definition) is 2. The molecule has 4 heteroatoms. The predicted octanol–water partition coefficient (Wildman–Crippen LogP) is 2.62. The van der Waals surface area contributed by atoms with Gasteiger partial charge in [-0.25, -0.2) is 0 Å². The van der Waals surface area contributed by atoms with Gasteiger partial charge in [-0.15, -0.1) is 9.42 Å². The van der Waals surface area contributed by atoms with Gasteiger partial charge < -0.3 is 0 Å². The zero-order chi connectivity index (χ0) is 8.69. The Morgan fingerprint density at radius 3 is 2.64 bits per heavy atom. The first-order valence-corrected chi connectivity index (χ1v) is 5.12. The van der Waals surface area contributed by atoms with Gasteiger partial charge in [0, 0.05) is 4.57 Å². The van der Waals surface area contributed by atoms with Crippen molar-refractivity contribution in [2.75, 3.05) is 0 Å². The number of unbranched alkanes of at least 4 members (excludes halogenated alkanes) is 2. The van der Waals surface area contributed by atoms with E-state index in [1.807, 2.05) is 6.92 Å². The van der Waals surface area contributed by atoms with E-state index in [2.05, 4.69) is 11.4 Å². The van der Waals surface area contributed by atoms with Crippen LogP contribution < -0.4 is 0 Å². The van der Waals surface area contributed by atoms with Crippen LogP contribution in [0, 0.1) is 0 Å². The van der Waals surface area contributed by atoms with Crippen LogP contribution in [0.5, 0.6) is 0 Å². The minimum atomic E-state index is -2.41. The van der Waals surface area contributed by atoms with Crippen molar-refractivity contribution >= 4 is 8.25 Å². The van der Waals surface area contributed by atoms with Crippen molar-refractivity contribution in [2.45, 2.75) is 45.6 Å². The van der Waals surface area contributed by atoms with Crippen molar-refractivity contribution in [3.63, 3.8) is 0 Å². The molecule has 11 heavy (non-hydrogen) atoms. The molecule has 3 nitrogen and oxygen atoms in total. The summed E-state index contributed by atoms with van der Waals surface area (Å²) >= 11 is 0. The van der Waals surface area contributed by atoms with Gasteiger partial charge in [0.05, 0.1) is 0 Å². The summed E-state index contributed by atoms with van der Waals surface area (Å²) in [5, 5.41) is 0. The van der Waals surface area contributed by atoms with E-state index in [0.717, 1.165) is 25.7 Å². The highest BCUT2D eigenvalue weighted by Crippen LogP contribution is 2.20. The van der Waals surface area contributed by atoms with Gasteiger partial charge >= 0.3 is 8.25 Å². The Kier molecular flexibility index (Phi) is 6.73. The van der Waals surface area contributed by atoms with E-state index in [0.29, 0.717) is 0 Å². The second kappa shape index (κ2) is 6.71. The van der Waals surface area contributed by atoms with Crippen molar-refractivity contribution in [2.24, 2.45) is 0 Å². The lowest BCUT2D eigenvalue weighted by Crippen LogP contribution is -2.02. The number of rotatable bonds is 6. The Morgan fingerprint density at radius 1 is 1.55 bits per heavy atom. The first-order chi connectivity index (χ1) is 5.16. The first-order valence-electron chi connectivity index (χ1n) is 3.99. The quantitative estimate of drug-likeness (QED) is 0.503. The summed E-state index contributed by atoms with van der Waals surface area (Å²) in [4.78, 5) is 8.37. The lowest BCUT2D eigenvalue weighted by atomic mass is 10.1. The van der Waals surface area contributed by atoms with Crippen LogP contribution in [0.15, 0.2) is 0 Å². The van der Waals surface area contributed by atoms with Crippen molar-refractivity contribution < 1.29 is 14.0 Å². The van der Waals surface area contributed by atoms with Gasteiger partial charge in [0.25, 0.3) is 0 Å². The third-order valence-electron chi connectivity index (χ3n) is 1.48. The van der Waals surface area contributed by atoms with Crippen molar-refractivity contribution in [3.8, 4) is 0 Å². The molecule has 1 N–H and O–H groups in total. The van der Waals surface area contributed by atoms with Crippen LogP contribution in [0.1, 0.15) is 39.5 Å². The summed E-state index contributed by atoms with van der Waals surface area (Å²) in [7, 11) is -2.41. The van der Waals surface area contributed by atoms with Gasteiger partial charge in [0.1, 0.15) is 6.10 Å². The average Bonchev–Trinajstić information content (AvgIpc) is 1.86. The molecule has 0 saturated carbocycles. The smallest absolute Gasteiger partial charge is 0.133 e. The molecule has 0 amide bonds. The molecule has 0 aromatic heterocycles. The highest BCUT2D eigenvalue weighted by molar-refractivity contribution is 7.32. The van der Waals surface area contributed by atoms with E-state index < -0.39 is 8.25 Å². The lowest BCUT2D eigenvalue weighted by Gasteiger charge is -2.01. The highest BCUT2D eigenvalue weighted by Gasteiger charge is 2.17. The van der Waals surface area contributed by atoms with E-state index in [4.69, 9.17) is 4.89 Å². The molecule has 0 aliphatic heterocycles. The maximum atomic E-state index is 10.2. The van der Waals surface area contributed by atoms with Crippen LogP contribution in [0.25, 0.3) is 0 Å². The second-order valence-electron chi connectivity index (χ2n) is 2.65. The minimum Gasteiger partial charge on any atom is -0.133 e. The normalized spacial score (nSPS) is 14.6. The topological polar surface area (TPSA) is 46.5 Å². The van der Waals surface area contributed by atoms with Gasteiger partial charge in [0.15, 0.2) is 0 Å². The van der Waals surface area contributed by atoms with E-state index in [9.17, 15) is 4.57 Å². The minimum absolute atomic E-state index is 0.0878. The summed E-state index contributed by atoms with van der Waals surface area (Å²) in [6.07, 6.45) is 4.18. The Bertz CT molecular complexity index is 116. The summed E-state index contributed by atoms with van der Waals surface area (Å²) in [6, 6.07) is 0. The molecule has 0 aliphatic rings. The van der Waals surface area contributed by atoms with E-state index in [1.165, 1.54) is 0 Å². The largest absolute Gasteiger partial charge is 0.694 e. The van der Waals surface area contributed by atoms with Crippen LogP contribution >= 0.6 is 8.25 Å². The fourth-order valence-corrected chi connectivity index (χ4v) is 1.30. The van der Waals surface area contributed by atoms with Gasteiger partial charge in [-0.05, 0) is 13.3 Å². The molecular formula is C7H16O3P+. The Hall–Kier alpha value is 0.0200. The summed E-state index contributed by atoms with van der Waals surface area (Å²) in [5.74, 6) is 0. The van der Waals surface area contributed by atoms with Crippen LogP contribution in [0.3, 0.4) is 0 Å².